The van der Waals surface area contributed by atoms with Gasteiger partial charge < -0.3 is 79.2 Å². The monoisotopic (exact) mass is 1500 g/mol. The number of hydrogen-bond acceptors (Lipinski definition) is 20. The third kappa shape index (κ3) is 27.9. The number of halogens is 4. The van der Waals surface area contributed by atoms with Crippen LogP contribution in [0.2, 0.25) is 20.1 Å². The van der Waals surface area contributed by atoms with Crippen LogP contribution in [-0.4, -0.2) is 261 Å². The molecule has 0 radical (unpaired) electrons. The quantitative estimate of drug-likeness (QED) is 0.0284. The second kappa shape index (κ2) is 42.5. The van der Waals surface area contributed by atoms with Gasteiger partial charge in [-0.2, -0.15) is 0 Å². The Bertz CT molecular complexity index is 3430. The summed E-state index contributed by atoms with van der Waals surface area (Å²) in [6.45, 7) is 4.71. The third-order valence-electron chi connectivity index (χ3n) is 17.0. The fourth-order valence-corrected chi connectivity index (χ4v) is 14.3. The molecule has 32 heteroatoms. The number of sulfonamides is 1. The zero-order valence-electron chi connectivity index (χ0n) is 56.6. The summed E-state index contributed by atoms with van der Waals surface area (Å²) < 4.78 is 92.4. The van der Waals surface area contributed by atoms with Crippen LogP contribution in [0.1, 0.15) is 83.7 Å². The van der Waals surface area contributed by atoms with Crippen molar-refractivity contribution in [1.82, 2.24) is 34.5 Å². The number of amides is 4. The lowest BCUT2D eigenvalue weighted by atomic mass is 9.82. The molecule has 0 saturated heterocycles. The summed E-state index contributed by atoms with van der Waals surface area (Å²) in [4.78, 5) is 75.3. The maximum absolute atomic E-state index is 13.9. The number of nitrogens with two attached hydrogens (primary N) is 2. The molecule has 0 fully saturated rings. The van der Waals surface area contributed by atoms with E-state index in [4.69, 9.17) is 91.0 Å². The Labute approximate surface area is 603 Å². The smallest absolute Gasteiger partial charge is 0.329 e. The van der Waals surface area contributed by atoms with Crippen molar-refractivity contribution in [2.75, 3.05) is 173 Å². The molecule has 6 rings (SSSR count). The van der Waals surface area contributed by atoms with Crippen molar-refractivity contribution in [3.05, 3.63) is 126 Å². The zero-order valence-corrected chi connectivity index (χ0v) is 61.2. The number of fused-ring (bicyclic) bond motifs is 2. The van der Waals surface area contributed by atoms with Crippen LogP contribution in [0.5, 0.6) is 0 Å². The van der Waals surface area contributed by atoms with Crippen LogP contribution in [0.25, 0.3) is 0 Å². The first-order chi connectivity index (χ1) is 47.3. The highest BCUT2D eigenvalue weighted by Gasteiger charge is 2.36. The fourth-order valence-electron chi connectivity index (χ4n) is 11.6. The van der Waals surface area contributed by atoms with Crippen LogP contribution >= 0.6 is 46.4 Å². The van der Waals surface area contributed by atoms with E-state index in [-0.39, 0.29) is 164 Å². The van der Waals surface area contributed by atoms with E-state index < -0.39 is 57.8 Å². The van der Waals surface area contributed by atoms with Gasteiger partial charge in [-0.15, -0.1) is 0 Å². The first-order valence-corrected chi connectivity index (χ1v) is 36.8. The van der Waals surface area contributed by atoms with E-state index in [2.05, 4.69) is 19.8 Å². The molecule has 0 spiro atoms. The number of carboxylic acid groups (broad SMARTS) is 1. The van der Waals surface area contributed by atoms with Gasteiger partial charge in [-0.3, -0.25) is 28.3 Å². The van der Waals surface area contributed by atoms with E-state index in [0.717, 1.165) is 33.4 Å². The average molecular weight is 1500 g/mol. The highest BCUT2D eigenvalue weighted by Crippen LogP contribution is 2.41. The number of likely N-dealkylation sites (N-methyl/N-ethyl adjacent to an activating group) is 4. The topological polar surface area (TPSA) is 337 Å². The van der Waals surface area contributed by atoms with Crippen molar-refractivity contribution in [1.29, 1.82) is 0 Å². The first kappa shape index (κ1) is 82.9. The summed E-state index contributed by atoms with van der Waals surface area (Å²) in [5.74, 6) is -3.34. The van der Waals surface area contributed by atoms with E-state index in [0.29, 0.717) is 79.2 Å². The average Bonchev–Trinajstić information content (AvgIpc) is 0.780. The van der Waals surface area contributed by atoms with Crippen molar-refractivity contribution >= 4 is 97.1 Å². The van der Waals surface area contributed by atoms with E-state index >= 15 is 0 Å². The Kier molecular flexibility index (Phi) is 35.6. The SMILES string of the molecule is CN1Cc2c(Cl)cc(Cl)cc2[C@H](c2cccc(S(=O)(=O)NCCOCCOCCN(C)C(=O)CCC(CCC(=O)N(C)CCOCCOCCN)(CCC(=O)N(C)CCOCCOCC(N)CN3Cc4c(Cl)cc(Cl)cc4[C@H](c4cccc(S(=O)[O-])c4)C3)NC(=O)COCC(=O)O)c2)C1. The Morgan fingerprint density at radius 1 is 0.657 bits per heavy atom. The van der Waals surface area contributed by atoms with Gasteiger partial charge in [0.15, 0.2) is 0 Å². The van der Waals surface area contributed by atoms with Crippen LogP contribution in [0.4, 0.5) is 0 Å². The molecule has 26 nitrogen and oxygen atoms in total. The molecule has 0 aliphatic carbocycles. The molecule has 550 valence electrons. The summed E-state index contributed by atoms with van der Waals surface area (Å²) in [5.41, 5.74) is 16.0. The lowest BCUT2D eigenvalue weighted by Gasteiger charge is -2.37. The standard InChI is InChI=1S/C67H95Cl4N9O17S2/c1-76-40-56(54-35-49(68)37-60(70)58(54)41-76)48-8-6-10-53(34-48)99(89,90)74-18-23-92-28-30-94-25-20-78(3)64(83)12-15-67(75-62(81)45-97-46-66(85)86,14-11-63(82)77(2)19-24-93-29-27-91-22-17-72)16-13-65(84)79(4)21-26-95-31-32-96-44-51(73)39-80-42-57(47-7-5-9-52(33-47)98(87)88)55-36-50(69)38-61(71)59(55)43-80/h5-10,33-38,51,56-57,74H,11-32,39-46,72-73H2,1-4H3,(H,75,81)(H,85,86)(H,87,88)/p-1/t51?,56-,57-,67?/m0/s1. The third-order valence-corrected chi connectivity index (χ3v) is 20.2. The van der Waals surface area contributed by atoms with E-state index in [1.54, 1.807) is 57.5 Å². The van der Waals surface area contributed by atoms with Crippen LogP contribution in [0.3, 0.4) is 0 Å². The van der Waals surface area contributed by atoms with Gasteiger partial charge in [0.1, 0.15) is 13.2 Å². The normalized spacial score (nSPS) is 16.1. The molecule has 0 saturated carbocycles. The minimum absolute atomic E-state index is 0.00493. The predicted octanol–water partition coefficient (Wildman–Crippen LogP) is 5.10. The molecule has 0 aromatic heterocycles. The zero-order chi connectivity index (χ0) is 72.1. The van der Waals surface area contributed by atoms with Gasteiger partial charge in [0.05, 0.1) is 84.2 Å². The van der Waals surface area contributed by atoms with Gasteiger partial charge in [-0.25, -0.2) is 17.9 Å². The number of nitrogens with zero attached hydrogens (tertiary/aromatic N) is 5. The second-order valence-electron chi connectivity index (χ2n) is 24.5. The lowest BCUT2D eigenvalue weighted by Crippen LogP contribution is -2.52. The molecule has 5 atom stereocenters. The number of hydrogen-bond donors (Lipinski definition) is 5. The minimum Gasteiger partial charge on any atom is -0.768 e. The molecule has 99 heavy (non-hydrogen) atoms. The molecule has 3 unspecified atom stereocenters. The summed E-state index contributed by atoms with van der Waals surface area (Å²) in [6.07, 6.45) is -0.424. The maximum Gasteiger partial charge on any atom is 0.329 e. The summed E-state index contributed by atoms with van der Waals surface area (Å²) in [6, 6.07) is 20.3. The van der Waals surface area contributed by atoms with Crippen molar-refractivity contribution in [2.45, 2.75) is 84.8 Å². The first-order valence-electron chi connectivity index (χ1n) is 32.7. The highest BCUT2D eigenvalue weighted by molar-refractivity contribution is 7.89. The van der Waals surface area contributed by atoms with Gasteiger partial charge >= 0.3 is 5.97 Å². The number of nitrogens with one attached hydrogen (secondary N) is 2. The molecular weight excluding hydrogens is 1410 g/mol. The van der Waals surface area contributed by atoms with Crippen molar-refractivity contribution in [2.24, 2.45) is 11.5 Å². The summed E-state index contributed by atoms with van der Waals surface area (Å²) >= 11 is 23.7. The van der Waals surface area contributed by atoms with Gasteiger partial charge in [-0.1, -0.05) is 70.7 Å². The maximum atomic E-state index is 13.9. The van der Waals surface area contributed by atoms with Crippen molar-refractivity contribution in [3.8, 4) is 0 Å². The number of ether oxygens (including phenoxy) is 7. The number of aliphatic carboxylic acids is 1. The number of carbonyl (C=O) groups is 5. The molecule has 4 amide bonds. The Morgan fingerprint density at radius 3 is 1.67 bits per heavy atom. The van der Waals surface area contributed by atoms with Gasteiger partial charge in [-0.05, 0) is 119 Å². The van der Waals surface area contributed by atoms with Gasteiger partial charge in [0, 0.05) is 154 Å². The predicted molar refractivity (Wildman–Crippen MR) is 375 cm³/mol. The molecular formula is C67H94Cl4N9O17S2-. The molecule has 0 bridgehead atoms. The summed E-state index contributed by atoms with van der Waals surface area (Å²) in [7, 11) is 2.87. The lowest BCUT2D eigenvalue weighted by molar-refractivity contribution is -0.144. The van der Waals surface area contributed by atoms with Crippen LogP contribution in [0.15, 0.2) is 82.6 Å². The number of carboxylic acids is 1. The molecule has 4 aromatic rings. The van der Waals surface area contributed by atoms with Crippen LogP contribution in [-0.2, 0) is 91.3 Å². The molecule has 4 aromatic carbocycles. The fraction of sp³-hybridized carbons (Fsp3) is 0.567. The molecule has 2 aliphatic rings. The highest BCUT2D eigenvalue weighted by atomic mass is 35.5. The molecule has 7 N–H and O–H groups in total. The molecule has 2 aliphatic heterocycles. The number of benzene rings is 4. The van der Waals surface area contributed by atoms with E-state index in [9.17, 15) is 46.3 Å². The minimum atomic E-state index is -3.90. The Morgan fingerprint density at radius 2 is 1.14 bits per heavy atom. The largest absolute Gasteiger partial charge is 0.768 e. The van der Waals surface area contributed by atoms with Crippen molar-refractivity contribution in [3.63, 3.8) is 0 Å². The number of rotatable bonds is 46. The second-order valence-corrected chi connectivity index (χ2v) is 28.9. The Balaban J connectivity index is 0.971. The van der Waals surface area contributed by atoms with E-state index in [1.807, 2.05) is 31.3 Å². The van der Waals surface area contributed by atoms with E-state index in [1.165, 1.54) is 26.8 Å². The van der Waals surface area contributed by atoms with Crippen LogP contribution in [0, 0.1) is 0 Å². The van der Waals surface area contributed by atoms with Crippen LogP contribution < -0.4 is 21.5 Å². The van der Waals surface area contributed by atoms with Gasteiger partial charge in [0.25, 0.3) is 0 Å². The molecule has 2 heterocycles. The van der Waals surface area contributed by atoms with Gasteiger partial charge in [0.2, 0.25) is 33.7 Å². The summed E-state index contributed by atoms with van der Waals surface area (Å²) in [5, 5.41) is 14.2. The number of carbonyl (C=O) groups excluding carboxylic acids is 4. The van der Waals surface area contributed by atoms with Crippen molar-refractivity contribution < 1.29 is 79.4 Å². The Hall–Kier alpha value is -5.03.